The van der Waals surface area contributed by atoms with Gasteiger partial charge in [0, 0.05) is 11.8 Å². The number of benzene rings is 1. The molecule has 1 aliphatic heterocycles. The summed E-state index contributed by atoms with van der Waals surface area (Å²) in [5.41, 5.74) is 2.09. The van der Waals surface area contributed by atoms with E-state index in [9.17, 15) is 0 Å². The van der Waals surface area contributed by atoms with Crippen molar-refractivity contribution < 1.29 is 0 Å². The van der Waals surface area contributed by atoms with Gasteiger partial charge in [0.25, 0.3) is 0 Å². The van der Waals surface area contributed by atoms with Gasteiger partial charge in [0.15, 0.2) is 4.77 Å². The molecule has 1 unspecified atom stereocenters. The number of imidazole rings is 1. The summed E-state index contributed by atoms with van der Waals surface area (Å²) in [5.74, 6) is 2.37. The zero-order valence-electron chi connectivity index (χ0n) is 8.57. The van der Waals surface area contributed by atoms with Crippen molar-refractivity contribution in [3.63, 3.8) is 0 Å². The molecular weight excluding hydrogens is 260 g/mol. The molecule has 5 heteroatoms. The van der Waals surface area contributed by atoms with Gasteiger partial charge in [-0.2, -0.15) is 11.8 Å². The molecule has 84 valence electrons. The number of nitrogens with one attached hydrogen (secondary N) is 1. The van der Waals surface area contributed by atoms with Crippen LogP contribution in [0.5, 0.6) is 0 Å². The molecule has 2 nitrogen and oxygen atoms in total. The quantitative estimate of drug-likeness (QED) is 0.790. The van der Waals surface area contributed by atoms with Crippen molar-refractivity contribution >= 4 is 46.6 Å². The largest absolute Gasteiger partial charge is 0.329 e. The number of halogens is 1. The van der Waals surface area contributed by atoms with Gasteiger partial charge in [-0.05, 0) is 36.5 Å². The molecule has 0 spiro atoms. The zero-order valence-corrected chi connectivity index (χ0v) is 11.0. The van der Waals surface area contributed by atoms with Crippen LogP contribution in [0, 0.1) is 4.77 Å². The highest BCUT2D eigenvalue weighted by Gasteiger charge is 2.20. The molecule has 1 aromatic carbocycles. The maximum atomic E-state index is 6.15. The van der Waals surface area contributed by atoms with Crippen molar-refractivity contribution in [2.45, 2.75) is 12.5 Å². The molecule has 1 atom stereocenters. The highest BCUT2D eigenvalue weighted by atomic mass is 35.5. The molecule has 1 aromatic heterocycles. The van der Waals surface area contributed by atoms with Gasteiger partial charge in [-0.15, -0.1) is 0 Å². The standard InChI is InChI=1S/C11H11ClN2S2/c12-8-2-1-3-9-10(8)13-11(15)14(9)7-4-5-16-6-7/h1-3,7H,4-6H2,(H,13,15). The number of aromatic nitrogens is 2. The predicted octanol–water partition coefficient (Wildman–Crippen LogP) is 4.03. The third kappa shape index (κ3) is 1.60. The van der Waals surface area contributed by atoms with Crippen LogP contribution < -0.4 is 0 Å². The highest BCUT2D eigenvalue weighted by Crippen LogP contribution is 2.32. The van der Waals surface area contributed by atoms with Crippen molar-refractivity contribution in [2.24, 2.45) is 0 Å². The van der Waals surface area contributed by atoms with Crippen LogP contribution in [0.2, 0.25) is 5.02 Å². The van der Waals surface area contributed by atoms with Crippen LogP contribution in [-0.4, -0.2) is 21.1 Å². The highest BCUT2D eigenvalue weighted by molar-refractivity contribution is 7.99. The minimum atomic E-state index is 0.518. The Morgan fingerprint density at radius 3 is 3.12 bits per heavy atom. The van der Waals surface area contributed by atoms with E-state index in [0.29, 0.717) is 6.04 Å². The maximum Gasteiger partial charge on any atom is 0.178 e. The molecule has 1 aliphatic rings. The normalized spacial score (nSPS) is 20.7. The Labute approximate surface area is 108 Å². The fourth-order valence-electron chi connectivity index (χ4n) is 2.20. The smallest absolute Gasteiger partial charge is 0.178 e. The van der Waals surface area contributed by atoms with E-state index in [1.165, 1.54) is 12.2 Å². The molecule has 1 fully saturated rings. The first kappa shape index (κ1) is 10.7. The number of para-hydroxylation sites is 1. The van der Waals surface area contributed by atoms with E-state index in [0.717, 1.165) is 26.6 Å². The second kappa shape index (κ2) is 4.09. The zero-order chi connectivity index (χ0) is 11.1. The summed E-state index contributed by atoms with van der Waals surface area (Å²) >= 11 is 13.5. The fourth-order valence-corrected chi connectivity index (χ4v) is 3.96. The van der Waals surface area contributed by atoms with Crippen LogP contribution >= 0.6 is 35.6 Å². The molecule has 16 heavy (non-hydrogen) atoms. The molecule has 0 amide bonds. The lowest BCUT2D eigenvalue weighted by atomic mass is 10.2. The Bertz CT molecular complexity index is 581. The Hall–Kier alpha value is -0.450. The van der Waals surface area contributed by atoms with Gasteiger partial charge in [0.2, 0.25) is 0 Å². The van der Waals surface area contributed by atoms with Crippen LogP contribution in [0.3, 0.4) is 0 Å². The summed E-state index contributed by atoms with van der Waals surface area (Å²) < 4.78 is 3.01. The lowest BCUT2D eigenvalue weighted by Gasteiger charge is -2.11. The monoisotopic (exact) mass is 270 g/mol. The first-order valence-electron chi connectivity index (χ1n) is 5.24. The van der Waals surface area contributed by atoms with E-state index in [2.05, 4.69) is 15.6 Å². The molecule has 1 N–H and O–H groups in total. The average molecular weight is 271 g/mol. The summed E-state index contributed by atoms with van der Waals surface area (Å²) in [6.07, 6.45) is 1.19. The molecule has 1 saturated heterocycles. The molecule has 3 rings (SSSR count). The summed E-state index contributed by atoms with van der Waals surface area (Å²) in [6, 6.07) is 6.47. The topological polar surface area (TPSA) is 20.7 Å². The van der Waals surface area contributed by atoms with E-state index in [1.54, 1.807) is 0 Å². The van der Waals surface area contributed by atoms with Gasteiger partial charge < -0.3 is 9.55 Å². The number of H-pyrrole nitrogens is 1. The molecule has 2 aromatic rings. The van der Waals surface area contributed by atoms with Crippen LogP contribution in [0.1, 0.15) is 12.5 Å². The van der Waals surface area contributed by atoms with Gasteiger partial charge in [-0.25, -0.2) is 0 Å². The van der Waals surface area contributed by atoms with Crippen LogP contribution in [0.4, 0.5) is 0 Å². The Kier molecular flexibility index (Phi) is 2.73. The molecule has 0 aliphatic carbocycles. The number of hydrogen-bond acceptors (Lipinski definition) is 2. The van der Waals surface area contributed by atoms with Gasteiger partial charge >= 0.3 is 0 Å². The van der Waals surface area contributed by atoms with Crippen LogP contribution in [0.15, 0.2) is 18.2 Å². The second-order valence-electron chi connectivity index (χ2n) is 3.95. The molecule has 0 radical (unpaired) electrons. The molecule has 0 saturated carbocycles. The van der Waals surface area contributed by atoms with E-state index >= 15 is 0 Å². The predicted molar refractivity (Wildman–Crippen MR) is 73.1 cm³/mol. The summed E-state index contributed by atoms with van der Waals surface area (Å²) in [4.78, 5) is 3.21. The maximum absolute atomic E-state index is 6.15. The van der Waals surface area contributed by atoms with Crippen molar-refractivity contribution in [1.82, 2.24) is 9.55 Å². The van der Waals surface area contributed by atoms with Gasteiger partial charge in [-0.3, -0.25) is 0 Å². The number of nitrogens with zero attached hydrogens (tertiary/aromatic N) is 1. The van der Waals surface area contributed by atoms with Crippen molar-refractivity contribution in [3.8, 4) is 0 Å². The van der Waals surface area contributed by atoms with Crippen molar-refractivity contribution in [3.05, 3.63) is 28.0 Å². The summed E-state index contributed by atoms with van der Waals surface area (Å²) in [7, 11) is 0. The Balaban J connectivity index is 2.27. The summed E-state index contributed by atoms with van der Waals surface area (Å²) in [5, 5.41) is 0.744. The number of fused-ring (bicyclic) bond motifs is 1. The molecule has 0 bridgehead atoms. The summed E-state index contributed by atoms with van der Waals surface area (Å²) in [6.45, 7) is 0. The Morgan fingerprint density at radius 2 is 2.38 bits per heavy atom. The van der Waals surface area contributed by atoms with E-state index < -0.39 is 0 Å². The first-order chi connectivity index (χ1) is 7.77. The number of aromatic amines is 1. The van der Waals surface area contributed by atoms with E-state index in [4.69, 9.17) is 23.8 Å². The van der Waals surface area contributed by atoms with Gasteiger partial charge in [-0.1, -0.05) is 17.7 Å². The molecular formula is C11H11ClN2S2. The lowest BCUT2D eigenvalue weighted by Crippen LogP contribution is -2.07. The van der Waals surface area contributed by atoms with Gasteiger partial charge in [0.1, 0.15) is 0 Å². The number of hydrogen-bond donors (Lipinski definition) is 1. The number of thioether (sulfide) groups is 1. The Morgan fingerprint density at radius 1 is 1.50 bits per heavy atom. The van der Waals surface area contributed by atoms with Crippen molar-refractivity contribution in [1.29, 1.82) is 0 Å². The van der Waals surface area contributed by atoms with Gasteiger partial charge in [0.05, 0.1) is 16.1 Å². The molecule has 2 heterocycles. The lowest BCUT2D eigenvalue weighted by molar-refractivity contribution is 0.569. The minimum Gasteiger partial charge on any atom is -0.329 e. The fraction of sp³-hybridized carbons (Fsp3) is 0.364. The second-order valence-corrected chi connectivity index (χ2v) is 5.90. The average Bonchev–Trinajstić information content (AvgIpc) is 2.85. The minimum absolute atomic E-state index is 0.518. The van der Waals surface area contributed by atoms with Crippen LogP contribution in [-0.2, 0) is 0 Å². The number of rotatable bonds is 1. The van der Waals surface area contributed by atoms with E-state index in [-0.39, 0.29) is 0 Å². The van der Waals surface area contributed by atoms with E-state index in [1.807, 2.05) is 23.9 Å². The van der Waals surface area contributed by atoms with Crippen LogP contribution in [0.25, 0.3) is 11.0 Å². The van der Waals surface area contributed by atoms with Crippen molar-refractivity contribution in [2.75, 3.05) is 11.5 Å². The third-order valence-electron chi connectivity index (χ3n) is 2.97. The third-order valence-corrected chi connectivity index (χ3v) is 4.73. The SMILES string of the molecule is S=c1[nH]c2c(Cl)cccc2n1C1CCSC1. The first-order valence-corrected chi connectivity index (χ1v) is 7.18.